The van der Waals surface area contributed by atoms with E-state index in [1.165, 1.54) is 0 Å². The summed E-state index contributed by atoms with van der Waals surface area (Å²) in [5.41, 5.74) is 3.00. The Labute approximate surface area is 118 Å². The van der Waals surface area contributed by atoms with Gasteiger partial charge in [0.1, 0.15) is 5.82 Å². The first-order chi connectivity index (χ1) is 9.54. The molecule has 20 heavy (non-hydrogen) atoms. The summed E-state index contributed by atoms with van der Waals surface area (Å²) in [6.45, 7) is 2.74. The van der Waals surface area contributed by atoms with Gasteiger partial charge in [-0.15, -0.1) is 0 Å². The zero-order chi connectivity index (χ0) is 14.2. The molecule has 0 spiro atoms. The average Bonchev–Trinajstić information content (AvgIpc) is 2.85. The molecule has 0 unspecified atom stereocenters. The van der Waals surface area contributed by atoms with Crippen LogP contribution in [-0.2, 0) is 16.4 Å². The molecule has 0 amide bonds. The fourth-order valence-corrected chi connectivity index (χ4v) is 3.25. The second-order valence-corrected chi connectivity index (χ2v) is 6.50. The Balaban J connectivity index is 1.92. The number of anilines is 2. The van der Waals surface area contributed by atoms with Crippen molar-refractivity contribution in [3.8, 4) is 0 Å². The maximum absolute atomic E-state index is 12.3. The summed E-state index contributed by atoms with van der Waals surface area (Å²) in [6.07, 6.45) is 2.51. The van der Waals surface area contributed by atoms with Crippen LogP contribution in [0.1, 0.15) is 11.1 Å². The van der Waals surface area contributed by atoms with E-state index < -0.39 is 10.0 Å². The van der Waals surface area contributed by atoms with E-state index >= 15 is 0 Å². The van der Waals surface area contributed by atoms with Crippen molar-refractivity contribution in [3.63, 3.8) is 0 Å². The predicted molar refractivity (Wildman–Crippen MR) is 78.4 cm³/mol. The fraction of sp³-hybridized carbons (Fsp3) is 0.214. The Hall–Kier alpha value is -2.08. The van der Waals surface area contributed by atoms with E-state index in [9.17, 15) is 8.42 Å². The van der Waals surface area contributed by atoms with Crippen molar-refractivity contribution >= 4 is 21.5 Å². The SMILES string of the molecule is Cc1ccnc(NS(=O)(=O)c2ccc3c(c2)NCC3)c1. The van der Waals surface area contributed by atoms with E-state index in [4.69, 9.17) is 0 Å². The van der Waals surface area contributed by atoms with Crippen LogP contribution in [0.5, 0.6) is 0 Å². The summed E-state index contributed by atoms with van der Waals surface area (Å²) in [5.74, 6) is 0.332. The first kappa shape index (κ1) is 12.9. The van der Waals surface area contributed by atoms with Gasteiger partial charge in [0.2, 0.25) is 0 Å². The molecule has 3 rings (SSSR count). The normalized spacial score (nSPS) is 13.7. The summed E-state index contributed by atoms with van der Waals surface area (Å²) in [4.78, 5) is 4.26. The number of nitrogens with zero attached hydrogens (tertiary/aromatic N) is 1. The minimum absolute atomic E-state index is 0.244. The van der Waals surface area contributed by atoms with Crippen molar-refractivity contribution in [2.45, 2.75) is 18.2 Å². The molecule has 0 radical (unpaired) electrons. The third-order valence-corrected chi connectivity index (χ3v) is 4.61. The lowest BCUT2D eigenvalue weighted by atomic mass is 10.2. The quantitative estimate of drug-likeness (QED) is 0.908. The number of hydrogen-bond donors (Lipinski definition) is 2. The van der Waals surface area contributed by atoms with Crippen LogP contribution in [0.3, 0.4) is 0 Å². The first-order valence-corrected chi connectivity index (χ1v) is 7.85. The molecule has 0 saturated heterocycles. The number of hydrogen-bond acceptors (Lipinski definition) is 4. The monoisotopic (exact) mass is 289 g/mol. The van der Waals surface area contributed by atoms with Crippen molar-refractivity contribution < 1.29 is 8.42 Å². The molecule has 2 aromatic rings. The number of rotatable bonds is 3. The van der Waals surface area contributed by atoms with Crippen LogP contribution in [0.4, 0.5) is 11.5 Å². The van der Waals surface area contributed by atoms with Crippen LogP contribution in [0.2, 0.25) is 0 Å². The molecule has 5 nitrogen and oxygen atoms in total. The molecule has 104 valence electrons. The molecule has 1 aromatic heterocycles. The molecule has 6 heteroatoms. The highest BCUT2D eigenvalue weighted by atomic mass is 32.2. The number of benzene rings is 1. The van der Waals surface area contributed by atoms with Gasteiger partial charge in [-0.3, -0.25) is 4.72 Å². The van der Waals surface area contributed by atoms with Crippen molar-refractivity contribution in [1.82, 2.24) is 4.98 Å². The Bertz CT molecular complexity index is 757. The molecule has 2 heterocycles. The zero-order valence-electron chi connectivity index (χ0n) is 11.1. The summed E-state index contributed by atoms with van der Waals surface area (Å²) >= 11 is 0. The molecule has 0 fully saturated rings. The molecule has 1 aliphatic heterocycles. The number of pyridine rings is 1. The molecule has 1 aromatic carbocycles. The predicted octanol–water partition coefficient (Wildman–Crippen LogP) is 2.16. The van der Waals surface area contributed by atoms with Gasteiger partial charge in [0.05, 0.1) is 4.90 Å². The topological polar surface area (TPSA) is 71.1 Å². The standard InChI is InChI=1S/C14H15N3O2S/c1-10-4-6-16-14(8-10)17-20(18,19)12-3-2-11-5-7-15-13(11)9-12/h2-4,6,8-9,15H,5,7H2,1H3,(H,16,17). The van der Waals surface area contributed by atoms with Crippen LogP contribution in [0.25, 0.3) is 0 Å². The number of aryl methyl sites for hydroxylation is 1. The van der Waals surface area contributed by atoms with Gasteiger partial charge in [0, 0.05) is 18.4 Å². The van der Waals surface area contributed by atoms with Gasteiger partial charge in [-0.25, -0.2) is 13.4 Å². The second-order valence-electron chi connectivity index (χ2n) is 4.82. The average molecular weight is 289 g/mol. The Morgan fingerprint density at radius 2 is 2.10 bits per heavy atom. The summed E-state index contributed by atoms with van der Waals surface area (Å²) < 4.78 is 27.2. The Morgan fingerprint density at radius 1 is 1.25 bits per heavy atom. The molecule has 0 saturated carbocycles. The van der Waals surface area contributed by atoms with Crippen molar-refractivity contribution in [3.05, 3.63) is 47.7 Å². The third-order valence-electron chi connectivity index (χ3n) is 3.26. The third kappa shape index (κ3) is 2.46. The Morgan fingerprint density at radius 3 is 2.90 bits per heavy atom. The van der Waals surface area contributed by atoms with E-state index in [0.29, 0.717) is 5.82 Å². The minimum atomic E-state index is -3.60. The highest BCUT2D eigenvalue weighted by Gasteiger charge is 2.18. The van der Waals surface area contributed by atoms with Crippen molar-refractivity contribution in [1.29, 1.82) is 0 Å². The number of aromatic nitrogens is 1. The molecule has 1 aliphatic rings. The van der Waals surface area contributed by atoms with Crippen molar-refractivity contribution in [2.75, 3.05) is 16.6 Å². The molecular weight excluding hydrogens is 274 g/mol. The maximum atomic E-state index is 12.3. The highest BCUT2D eigenvalue weighted by Crippen LogP contribution is 2.26. The largest absolute Gasteiger partial charge is 0.384 e. The van der Waals surface area contributed by atoms with Gasteiger partial charge in [-0.1, -0.05) is 6.07 Å². The lowest BCUT2D eigenvalue weighted by molar-refractivity contribution is 0.601. The summed E-state index contributed by atoms with van der Waals surface area (Å²) in [5, 5.41) is 3.18. The van der Waals surface area contributed by atoms with E-state index in [-0.39, 0.29) is 4.90 Å². The molecule has 0 aliphatic carbocycles. The fourth-order valence-electron chi connectivity index (χ4n) is 2.23. The lowest BCUT2D eigenvalue weighted by Gasteiger charge is -2.09. The van der Waals surface area contributed by atoms with Crippen LogP contribution < -0.4 is 10.0 Å². The highest BCUT2D eigenvalue weighted by molar-refractivity contribution is 7.92. The van der Waals surface area contributed by atoms with E-state index in [1.54, 1.807) is 24.4 Å². The minimum Gasteiger partial charge on any atom is -0.384 e. The zero-order valence-corrected chi connectivity index (χ0v) is 11.9. The van der Waals surface area contributed by atoms with Crippen molar-refractivity contribution in [2.24, 2.45) is 0 Å². The number of fused-ring (bicyclic) bond motifs is 1. The maximum Gasteiger partial charge on any atom is 0.263 e. The second kappa shape index (κ2) is 4.79. The van der Waals surface area contributed by atoms with E-state index in [2.05, 4.69) is 15.0 Å². The molecule has 0 atom stereocenters. The van der Waals surface area contributed by atoms with E-state index in [0.717, 1.165) is 29.8 Å². The van der Waals surface area contributed by atoms with E-state index in [1.807, 2.05) is 19.1 Å². The van der Waals surface area contributed by atoms with Gasteiger partial charge in [0.25, 0.3) is 10.0 Å². The van der Waals surface area contributed by atoms with Gasteiger partial charge in [-0.05, 0) is 48.7 Å². The number of nitrogens with one attached hydrogen (secondary N) is 2. The van der Waals surface area contributed by atoms with Gasteiger partial charge >= 0.3 is 0 Å². The molecule has 0 bridgehead atoms. The molecular formula is C14H15N3O2S. The summed E-state index contributed by atoms with van der Waals surface area (Å²) in [7, 11) is -3.60. The Kier molecular flexibility index (Phi) is 3.10. The number of sulfonamides is 1. The van der Waals surface area contributed by atoms with Crippen LogP contribution >= 0.6 is 0 Å². The van der Waals surface area contributed by atoms with Gasteiger partial charge in [-0.2, -0.15) is 0 Å². The summed E-state index contributed by atoms with van der Waals surface area (Å²) in [6, 6.07) is 8.66. The van der Waals surface area contributed by atoms with Crippen LogP contribution in [0.15, 0.2) is 41.4 Å². The van der Waals surface area contributed by atoms with Gasteiger partial charge in [0.15, 0.2) is 0 Å². The van der Waals surface area contributed by atoms with Gasteiger partial charge < -0.3 is 5.32 Å². The lowest BCUT2D eigenvalue weighted by Crippen LogP contribution is -2.14. The first-order valence-electron chi connectivity index (χ1n) is 6.37. The molecule has 2 N–H and O–H groups in total. The van der Waals surface area contributed by atoms with Crippen LogP contribution in [0, 0.1) is 6.92 Å². The smallest absolute Gasteiger partial charge is 0.263 e. The van der Waals surface area contributed by atoms with Crippen LogP contribution in [-0.4, -0.2) is 19.9 Å².